The lowest BCUT2D eigenvalue weighted by Crippen LogP contribution is -2.77. The van der Waals surface area contributed by atoms with E-state index in [-0.39, 0.29) is 24.0 Å². The number of nitrogens with zero attached hydrogens (tertiary/aromatic N) is 2. The molecule has 188 valence electrons. The molecule has 6 nitrogen and oxygen atoms in total. The van der Waals surface area contributed by atoms with Crippen LogP contribution in [0.2, 0.25) is 0 Å². The fourth-order valence-electron chi connectivity index (χ4n) is 7.77. The Labute approximate surface area is 216 Å². The van der Waals surface area contributed by atoms with Gasteiger partial charge in [0.15, 0.2) is 11.5 Å². The molecular formula is C29H32N2O4S. The smallest absolute Gasteiger partial charge is 0.165 e. The highest BCUT2D eigenvalue weighted by molar-refractivity contribution is 7.78. The van der Waals surface area contributed by atoms with Crippen LogP contribution in [0.4, 0.5) is 0 Å². The number of benzene rings is 2. The summed E-state index contributed by atoms with van der Waals surface area (Å²) in [5, 5.41) is 25.8. The number of hydrogen-bond donors (Lipinski definition) is 2. The molecule has 2 aliphatic heterocycles. The number of aromatic hydroxyl groups is 1. The molecule has 0 aromatic heterocycles. The van der Waals surface area contributed by atoms with E-state index < -0.39 is 11.0 Å². The molecule has 5 atom stereocenters. The highest BCUT2D eigenvalue weighted by Crippen LogP contribution is 2.65. The summed E-state index contributed by atoms with van der Waals surface area (Å²) >= 11 is 4.76. The van der Waals surface area contributed by atoms with Gasteiger partial charge in [-0.05, 0) is 86.0 Å². The van der Waals surface area contributed by atoms with E-state index in [0.717, 1.165) is 55.0 Å². The fourth-order valence-corrected chi connectivity index (χ4v) is 7.84. The van der Waals surface area contributed by atoms with Gasteiger partial charge in [-0.3, -0.25) is 4.90 Å². The predicted octanol–water partition coefficient (Wildman–Crippen LogP) is 4.14. The Morgan fingerprint density at radius 3 is 2.78 bits per heavy atom. The van der Waals surface area contributed by atoms with E-state index in [0.29, 0.717) is 25.3 Å². The first kappa shape index (κ1) is 22.9. The molecule has 2 heterocycles. The van der Waals surface area contributed by atoms with Crippen LogP contribution in [0.5, 0.6) is 11.5 Å². The number of piperidine rings is 1. The van der Waals surface area contributed by atoms with Crippen LogP contribution in [-0.4, -0.2) is 57.2 Å². The Balaban J connectivity index is 1.24. The van der Waals surface area contributed by atoms with Crippen molar-refractivity contribution in [3.63, 3.8) is 0 Å². The summed E-state index contributed by atoms with van der Waals surface area (Å²) in [6, 6.07) is 12.0. The fraction of sp³-hybridized carbons (Fsp3) is 0.552. The molecule has 0 amide bonds. The second-order valence-corrected chi connectivity index (χ2v) is 11.5. The van der Waals surface area contributed by atoms with Crippen molar-refractivity contribution in [3.8, 4) is 11.5 Å². The number of aliphatic hydroxyl groups is 1. The van der Waals surface area contributed by atoms with Gasteiger partial charge in [-0.15, -0.1) is 0 Å². The first-order valence-corrected chi connectivity index (χ1v) is 13.7. The van der Waals surface area contributed by atoms with Crippen molar-refractivity contribution < 1.29 is 19.7 Å². The van der Waals surface area contributed by atoms with Crippen molar-refractivity contribution >= 4 is 17.4 Å². The lowest BCUT2D eigenvalue weighted by molar-refractivity contribution is -0.217. The zero-order chi connectivity index (χ0) is 24.5. The molecule has 2 aromatic carbocycles. The Morgan fingerprint density at radius 1 is 1.14 bits per heavy atom. The van der Waals surface area contributed by atoms with Crippen LogP contribution >= 0.6 is 12.2 Å². The molecule has 2 bridgehead atoms. The number of thiocarbonyl (C=S) groups is 1. The molecule has 2 aromatic rings. The van der Waals surface area contributed by atoms with Crippen LogP contribution < -0.4 is 4.74 Å². The Morgan fingerprint density at radius 2 is 1.97 bits per heavy atom. The van der Waals surface area contributed by atoms with Gasteiger partial charge in [0, 0.05) is 18.2 Å². The summed E-state index contributed by atoms with van der Waals surface area (Å²) in [7, 11) is 0. The van der Waals surface area contributed by atoms with Gasteiger partial charge in [-0.25, -0.2) is 4.99 Å². The molecule has 1 spiro atoms. The van der Waals surface area contributed by atoms with E-state index >= 15 is 0 Å². The summed E-state index contributed by atoms with van der Waals surface area (Å²) in [5.74, 6) is 1.51. The van der Waals surface area contributed by atoms with Gasteiger partial charge in [0.2, 0.25) is 0 Å². The lowest BCUT2D eigenvalue weighted by Gasteiger charge is -2.64. The van der Waals surface area contributed by atoms with E-state index in [1.54, 1.807) is 6.07 Å². The second-order valence-electron chi connectivity index (χ2n) is 11.4. The minimum absolute atomic E-state index is 0.0788. The summed E-state index contributed by atoms with van der Waals surface area (Å²) in [6.07, 6.45) is 5.14. The number of isothiocyanates is 1. The highest BCUT2D eigenvalue weighted by atomic mass is 32.1. The SMILES string of the molecule is Oc1ccc2c3c1O[C@H]1[C@@H](OCc4ccccc4CN=C=S)CC[C@@]4(O)[C@@H](C2)N(CC2CC2)CC[C@]314. The van der Waals surface area contributed by atoms with Crippen LogP contribution in [0.15, 0.2) is 41.4 Å². The molecule has 3 aliphatic carbocycles. The number of likely N-dealkylation sites (tertiary alicyclic amines) is 1. The molecule has 0 radical (unpaired) electrons. The second kappa shape index (κ2) is 8.37. The first-order valence-electron chi connectivity index (χ1n) is 13.3. The average Bonchev–Trinajstić information content (AvgIpc) is 3.63. The van der Waals surface area contributed by atoms with Gasteiger partial charge in [0.1, 0.15) is 6.10 Å². The zero-order valence-corrected chi connectivity index (χ0v) is 21.2. The summed E-state index contributed by atoms with van der Waals surface area (Å²) < 4.78 is 13.2. The van der Waals surface area contributed by atoms with Gasteiger partial charge < -0.3 is 19.7 Å². The molecule has 7 rings (SSSR count). The van der Waals surface area contributed by atoms with Crippen molar-refractivity contribution in [1.29, 1.82) is 0 Å². The molecular weight excluding hydrogens is 472 g/mol. The molecule has 2 N–H and O–H groups in total. The molecule has 2 saturated carbocycles. The number of hydrogen-bond acceptors (Lipinski definition) is 7. The van der Waals surface area contributed by atoms with E-state index in [1.165, 1.54) is 18.4 Å². The monoisotopic (exact) mass is 504 g/mol. The third-order valence-electron chi connectivity index (χ3n) is 9.59. The molecule has 7 heteroatoms. The zero-order valence-electron chi connectivity index (χ0n) is 20.4. The third-order valence-corrected chi connectivity index (χ3v) is 9.72. The number of phenols is 1. The molecule has 0 unspecified atom stereocenters. The van der Waals surface area contributed by atoms with E-state index in [9.17, 15) is 10.2 Å². The van der Waals surface area contributed by atoms with Gasteiger partial charge in [-0.1, -0.05) is 30.3 Å². The average molecular weight is 505 g/mol. The summed E-state index contributed by atoms with van der Waals surface area (Å²) in [6.45, 7) is 2.95. The van der Waals surface area contributed by atoms with Crippen molar-refractivity contribution in [3.05, 3.63) is 58.7 Å². The van der Waals surface area contributed by atoms with Gasteiger partial charge in [-0.2, -0.15) is 0 Å². The van der Waals surface area contributed by atoms with Gasteiger partial charge in [0.25, 0.3) is 0 Å². The van der Waals surface area contributed by atoms with Crippen molar-refractivity contribution in [1.82, 2.24) is 4.90 Å². The Kier molecular flexibility index (Phi) is 5.32. The molecule has 36 heavy (non-hydrogen) atoms. The van der Waals surface area contributed by atoms with Crippen LogP contribution in [0, 0.1) is 5.92 Å². The number of aliphatic imine (C=N–C) groups is 1. The minimum atomic E-state index is -0.886. The first-order chi connectivity index (χ1) is 17.5. The normalized spacial score (nSPS) is 34.0. The third kappa shape index (κ3) is 3.20. The summed E-state index contributed by atoms with van der Waals surface area (Å²) in [4.78, 5) is 6.67. The maximum absolute atomic E-state index is 12.6. The van der Waals surface area contributed by atoms with E-state index in [2.05, 4.69) is 21.1 Å². The highest BCUT2D eigenvalue weighted by Gasteiger charge is 2.73. The van der Waals surface area contributed by atoms with Crippen molar-refractivity contribution in [2.45, 2.75) is 80.9 Å². The molecule has 3 fully saturated rings. The number of phenolic OH excluding ortho intramolecular Hbond substituents is 1. The largest absolute Gasteiger partial charge is 0.504 e. The standard InChI is InChI=1S/C29H32N2O4S/c32-22-8-7-19-13-24-29(33)10-9-23(34-16-21-4-2-1-3-20(21)14-30-17-36)27-28(29,25(19)26(22)35-27)11-12-31(24)15-18-5-6-18/h1-4,7-8,18,23-24,27,32-33H,5-6,9-16H2/t23-,24+,27-,28-,29+/m0/s1. The quantitative estimate of drug-likeness (QED) is 0.436. The topological polar surface area (TPSA) is 74.5 Å². The maximum atomic E-state index is 12.6. The van der Waals surface area contributed by atoms with Crippen LogP contribution in [0.25, 0.3) is 0 Å². The van der Waals surface area contributed by atoms with E-state index in [4.69, 9.17) is 21.7 Å². The Bertz CT molecular complexity index is 1260. The van der Waals surface area contributed by atoms with Gasteiger partial charge >= 0.3 is 0 Å². The predicted molar refractivity (Wildman–Crippen MR) is 139 cm³/mol. The molecule has 1 saturated heterocycles. The minimum Gasteiger partial charge on any atom is -0.504 e. The van der Waals surface area contributed by atoms with E-state index in [1.807, 2.05) is 24.3 Å². The van der Waals surface area contributed by atoms with Crippen molar-refractivity contribution in [2.24, 2.45) is 10.9 Å². The summed E-state index contributed by atoms with van der Waals surface area (Å²) in [5.41, 5.74) is 2.96. The van der Waals surface area contributed by atoms with Crippen molar-refractivity contribution in [2.75, 3.05) is 13.1 Å². The number of rotatable bonds is 7. The van der Waals surface area contributed by atoms with Gasteiger partial charge in [0.05, 0.1) is 35.4 Å². The lowest BCUT2D eigenvalue weighted by atomic mass is 9.48. The Hall–Kier alpha value is -2.28. The maximum Gasteiger partial charge on any atom is 0.165 e. The molecule has 5 aliphatic rings. The van der Waals surface area contributed by atoms with Crippen LogP contribution in [0.1, 0.15) is 54.4 Å². The number of ether oxygens (including phenoxy) is 2. The van der Waals surface area contributed by atoms with Crippen LogP contribution in [0.3, 0.4) is 0 Å². The van der Waals surface area contributed by atoms with Crippen LogP contribution in [-0.2, 0) is 29.7 Å².